The molecule has 1 aromatic carbocycles. The SMILES string of the molecule is COc1cc(SOOO)ccc1S(=O)(=O)CCBr. The highest BCUT2D eigenvalue weighted by atomic mass is 79.9. The van der Waals surface area contributed by atoms with E-state index in [0.29, 0.717) is 10.2 Å². The van der Waals surface area contributed by atoms with E-state index >= 15 is 0 Å². The van der Waals surface area contributed by atoms with Gasteiger partial charge in [-0.25, -0.2) is 13.7 Å². The molecule has 0 saturated heterocycles. The van der Waals surface area contributed by atoms with Crippen LogP contribution in [-0.2, 0) is 19.2 Å². The van der Waals surface area contributed by atoms with Gasteiger partial charge in [0.15, 0.2) is 9.84 Å². The summed E-state index contributed by atoms with van der Waals surface area (Å²) in [4.78, 5) is 0.636. The van der Waals surface area contributed by atoms with Crippen LogP contribution in [0.1, 0.15) is 0 Å². The Labute approximate surface area is 117 Å². The zero-order valence-corrected chi connectivity index (χ0v) is 12.5. The number of halogens is 1. The fourth-order valence-corrected chi connectivity index (χ4v) is 4.04. The van der Waals surface area contributed by atoms with Crippen LogP contribution in [0.15, 0.2) is 28.0 Å². The van der Waals surface area contributed by atoms with Crippen LogP contribution in [-0.4, -0.2) is 31.9 Å². The summed E-state index contributed by atoms with van der Waals surface area (Å²) in [6.07, 6.45) is 0. The molecule has 0 atom stereocenters. The molecular formula is C9H11BrO6S2. The maximum absolute atomic E-state index is 11.9. The van der Waals surface area contributed by atoms with Crippen molar-refractivity contribution in [2.75, 3.05) is 18.2 Å². The van der Waals surface area contributed by atoms with Crippen LogP contribution in [0.2, 0.25) is 0 Å². The van der Waals surface area contributed by atoms with Gasteiger partial charge in [-0.05, 0) is 18.2 Å². The summed E-state index contributed by atoms with van der Waals surface area (Å²) in [6, 6.07) is 4.41. The first-order valence-corrected chi connectivity index (χ1v) is 8.18. The largest absolute Gasteiger partial charge is 0.495 e. The van der Waals surface area contributed by atoms with Gasteiger partial charge >= 0.3 is 0 Å². The first-order chi connectivity index (χ1) is 8.55. The Morgan fingerprint density at radius 2 is 2.17 bits per heavy atom. The van der Waals surface area contributed by atoms with Crippen LogP contribution in [0.5, 0.6) is 5.75 Å². The molecule has 18 heavy (non-hydrogen) atoms. The number of ether oxygens (including phenoxy) is 1. The lowest BCUT2D eigenvalue weighted by Gasteiger charge is -2.09. The third kappa shape index (κ3) is 4.11. The quantitative estimate of drug-likeness (QED) is 0.346. The second kappa shape index (κ2) is 7.31. The van der Waals surface area contributed by atoms with E-state index in [1.54, 1.807) is 0 Å². The molecule has 102 valence electrons. The molecule has 0 amide bonds. The third-order valence-electron chi connectivity index (χ3n) is 1.98. The topological polar surface area (TPSA) is 82.1 Å². The minimum absolute atomic E-state index is 0.0217. The molecule has 1 rings (SSSR count). The second-order valence-corrected chi connectivity index (χ2v) is 6.69. The Bertz CT molecular complexity index is 490. The van der Waals surface area contributed by atoms with Crippen molar-refractivity contribution in [3.63, 3.8) is 0 Å². The van der Waals surface area contributed by atoms with Gasteiger partial charge in [0.05, 0.1) is 24.9 Å². The summed E-state index contributed by atoms with van der Waals surface area (Å²) in [7, 11) is -2.02. The highest BCUT2D eigenvalue weighted by molar-refractivity contribution is 9.09. The molecule has 0 aliphatic heterocycles. The van der Waals surface area contributed by atoms with E-state index in [-0.39, 0.29) is 16.4 Å². The molecule has 0 fully saturated rings. The fraction of sp³-hybridized carbons (Fsp3) is 0.333. The number of methoxy groups -OCH3 is 1. The Hall–Kier alpha value is -0.320. The van der Waals surface area contributed by atoms with Crippen molar-refractivity contribution in [1.82, 2.24) is 0 Å². The lowest BCUT2D eigenvalue weighted by Crippen LogP contribution is -2.09. The van der Waals surface area contributed by atoms with Crippen molar-refractivity contribution in [2.24, 2.45) is 0 Å². The summed E-state index contributed by atoms with van der Waals surface area (Å²) < 4.78 is 33.1. The third-order valence-corrected chi connectivity index (χ3v) is 5.22. The molecule has 0 radical (unpaired) electrons. The van der Waals surface area contributed by atoms with Gasteiger partial charge in [-0.3, -0.25) is 0 Å². The van der Waals surface area contributed by atoms with Crippen LogP contribution in [0.4, 0.5) is 0 Å². The molecule has 9 heteroatoms. The number of alkyl halides is 1. The Balaban J connectivity index is 3.07. The minimum atomic E-state index is -3.39. The van der Waals surface area contributed by atoms with Gasteiger partial charge in [0.1, 0.15) is 10.6 Å². The number of rotatable bonds is 7. The number of sulfone groups is 1. The molecule has 0 aliphatic carbocycles. The van der Waals surface area contributed by atoms with Crippen LogP contribution in [0.3, 0.4) is 0 Å². The van der Waals surface area contributed by atoms with E-state index in [0.717, 1.165) is 12.0 Å². The summed E-state index contributed by atoms with van der Waals surface area (Å²) in [6.45, 7) is 0. The Morgan fingerprint density at radius 3 is 2.72 bits per heavy atom. The summed E-state index contributed by atoms with van der Waals surface area (Å²) in [5.41, 5.74) is 0. The first-order valence-electron chi connectivity index (χ1n) is 4.66. The number of hydrogen-bond donors (Lipinski definition) is 1. The zero-order valence-electron chi connectivity index (χ0n) is 9.33. The van der Waals surface area contributed by atoms with E-state index in [1.165, 1.54) is 25.3 Å². The van der Waals surface area contributed by atoms with Crippen LogP contribution in [0.25, 0.3) is 0 Å². The first kappa shape index (κ1) is 15.7. The normalized spacial score (nSPS) is 11.5. The maximum atomic E-state index is 11.9. The molecule has 0 spiro atoms. The van der Waals surface area contributed by atoms with Crippen molar-refractivity contribution < 1.29 is 27.8 Å². The lowest BCUT2D eigenvalue weighted by atomic mass is 10.3. The molecule has 0 aliphatic rings. The number of benzene rings is 1. The predicted octanol–water partition coefficient (Wildman–Crippen LogP) is 2.29. The van der Waals surface area contributed by atoms with Crippen molar-refractivity contribution in [3.05, 3.63) is 18.2 Å². The van der Waals surface area contributed by atoms with E-state index in [9.17, 15) is 8.42 Å². The van der Waals surface area contributed by atoms with Gasteiger partial charge < -0.3 is 4.74 Å². The van der Waals surface area contributed by atoms with E-state index in [4.69, 9.17) is 9.99 Å². The molecular weight excluding hydrogens is 348 g/mol. The summed E-state index contributed by atoms with van der Waals surface area (Å²) in [5.74, 6) is 0.189. The van der Waals surface area contributed by atoms with Crippen LogP contribution < -0.4 is 4.74 Å². The van der Waals surface area contributed by atoms with Gasteiger partial charge in [-0.1, -0.05) is 21.0 Å². The van der Waals surface area contributed by atoms with Crippen molar-refractivity contribution in [3.8, 4) is 5.75 Å². The van der Waals surface area contributed by atoms with Gasteiger partial charge in [-0.15, -0.1) is 4.33 Å². The lowest BCUT2D eigenvalue weighted by molar-refractivity contribution is -0.432. The van der Waals surface area contributed by atoms with Crippen molar-refractivity contribution >= 4 is 37.8 Å². The van der Waals surface area contributed by atoms with E-state index in [2.05, 4.69) is 25.3 Å². The average molecular weight is 359 g/mol. The molecule has 0 bridgehead atoms. The van der Waals surface area contributed by atoms with Gasteiger partial charge in [0.25, 0.3) is 0 Å². The Kier molecular flexibility index (Phi) is 6.39. The molecule has 1 N–H and O–H groups in total. The smallest absolute Gasteiger partial charge is 0.182 e. The van der Waals surface area contributed by atoms with E-state index in [1.807, 2.05) is 0 Å². The fourth-order valence-electron chi connectivity index (χ4n) is 1.22. The molecule has 0 heterocycles. The standard InChI is InChI=1S/C9H11BrO6S2/c1-14-8-6-7(17-16-15-11)2-3-9(8)18(12,13)5-4-10/h2-3,6,11H,4-5H2,1H3. The Morgan fingerprint density at radius 1 is 1.44 bits per heavy atom. The van der Waals surface area contributed by atoms with Crippen LogP contribution >= 0.6 is 28.0 Å². The highest BCUT2D eigenvalue weighted by Crippen LogP contribution is 2.30. The molecule has 0 unspecified atom stereocenters. The highest BCUT2D eigenvalue weighted by Gasteiger charge is 2.19. The monoisotopic (exact) mass is 358 g/mol. The number of hydrogen-bond acceptors (Lipinski definition) is 7. The molecule has 1 aromatic rings. The molecule has 0 aromatic heterocycles. The predicted molar refractivity (Wildman–Crippen MR) is 69.5 cm³/mol. The minimum Gasteiger partial charge on any atom is -0.495 e. The average Bonchev–Trinajstić information content (AvgIpc) is 2.35. The molecule has 0 saturated carbocycles. The van der Waals surface area contributed by atoms with Crippen LogP contribution in [0, 0.1) is 0 Å². The van der Waals surface area contributed by atoms with Crippen molar-refractivity contribution in [2.45, 2.75) is 9.79 Å². The summed E-state index contributed by atoms with van der Waals surface area (Å²) in [5, 5.41) is 11.8. The van der Waals surface area contributed by atoms with E-state index < -0.39 is 9.84 Å². The van der Waals surface area contributed by atoms with Gasteiger partial charge in [0.2, 0.25) is 0 Å². The van der Waals surface area contributed by atoms with Gasteiger partial charge in [0, 0.05) is 10.2 Å². The second-order valence-electron chi connectivity index (χ2n) is 3.05. The zero-order chi connectivity index (χ0) is 13.6. The summed E-state index contributed by atoms with van der Waals surface area (Å²) >= 11 is 3.82. The maximum Gasteiger partial charge on any atom is 0.182 e. The van der Waals surface area contributed by atoms with Crippen molar-refractivity contribution in [1.29, 1.82) is 0 Å². The molecule has 6 nitrogen and oxygen atoms in total. The van der Waals surface area contributed by atoms with Gasteiger partial charge in [-0.2, -0.15) is 0 Å².